The SMILES string of the molecule is CC(C)(C)c1ccc(C(=O)N/N=C/C2=COC3CCCCC3C2=O)cc1. The van der Waals surface area contributed by atoms with Gasteiger partial charge in [-0.2, -0.15) is 5.10 Å². The Morgan fingerprint density at radius 2 is 1.88 bits per heavy atom. The van der Waals surface area contributed by atoms with Gasteiger partial charge in [0.15, 0.2) is 5.78 Å². The number of hydrogen-bond acceptors (Lipinski definition) is 4. The highest BCUT2D eigenvalue weighted by molar-refractivity contribution is 6.14. The van der Waals surface area contributed by atoms with Crippen molar-refractivity contribution in [1.82, 2.24) is 5.43 Å². The average Bonchev–Trinajstić information content (AvgIpc) is 2.63. The summed E-state index contributed by atoms with van der Waals surface area (Å²) in [6.45, 7) is 6.38. The van der Waals surface area contributed by atoms with E-state index in [0.29, 0.717) is 11.1 Å². The first-order chi connectivity index (χ1) is 12.4. The lowest BCUT2D eigenvalue weighted by Crippen LogP contribution is -2.37. The van der Waals surface area contributed by atoms with Crippen LogP contribution < -0.4 is 5.43 Å². The summed E-state index contributed by atoms with van der Waals surface area (Å²) in [4.78, 5) is 24.7. The highest BCUT2D eigenvalue weighted by atomic mass is 16.5. The van der Waals surface area contributed by atoms with Gasteiger partial charge in [0.2, 0.25) is 0 Å². The summed E-state index contributed by atoms with van der Waals surface area (Å²) in [5.74, 6) is -0.314. The first kappa shape index (κ1) is 18.4. The zero-order valence-corrected chi connectivity index (χ0v) is 15.6. The van der Waals surface area contributed by atoms with Crippen molar-refractivity contribution in [2.75, 3.05) is 0 Å². The number of nitrogens with zero attached hydrogens (tertiary/aromatic N) is 1. The van der Waals surface area contributed by atoms with Gasteiger partial charge in [0, 0.05) is 5.56 Å². The maximum absolute atomic E-state index is 12.5. The third-order valence-corrected chi connectivity index (χ3v) is 5.08. The third kappa shape index (κ3) is 4.03. The predicted molar refractivity (Wildman–Crippen MR) is 101 cm³/mol. The number of allylic oxidation sites excluding steroid dienone is 1. The molecule has 1 aliphatic heterocycles. The molecule has 1 aromatic carbocycles. The van der Waals surface area contributed by atoms with Crippen molar-refractivity contribution in [1.29, 1.82) is 0 Å². The third-order valence-electron chi connectivity index (χ3n) is 5.08. The van der Waals surface area contributed by atoms with Gasteiger partial charge >= 0.3 is 0 Å². The van der Waals surface area contributed by atoms with Crippen LogP contribution in [0.15, 0.2) is 41.2 Å². The number of carbonyl (C=O) groups is 2. The number of nitrogens with one attached hydrogen (secondary N) is 1. The number of Topliss-reactive ketones (excluding diaryl/α,β-unsaturated/α-hetero) is 1. The summed E-state index contributed by atoms with van der Waals surface area (Å²) >= 11 is 0. The minimum Gasteiger partial charge on any atom is -0.496 e. The van der Waals surface area contributed by atoms with Gasteiger partial charge < -0.3 is 4.74 Å². The van der Waals surface area contributed by atoms with E-state index in [1.54, 1.807) is 12.1 Å². The van der Waals surface area contributed by atoms with Gasteiger partial charge in [0.05, 0.1) is 24.0 Å². The summed E-state index contributed by atoms with van der Waals surface area (Å²) in [5.41, 5.74) is 4.62. The molecule has 5 heteroatoms. The Bertz CT molecular complexity index is 742. The largest absolute Gasteiger partial charge is 0.496 e. The lowest BCUT2D eigenvalue weighted by molar-refractivity contribution is -0.126. The number of hydrogen-bond donors (Lipinski definition) is 1. The topological polar surface area (TPSA) is 67.8 Å². The van der Waals surface area contributed by atoms with E-state index in [9.17, 15) is 9.59 Å². The molecule has 1 saturated carbocycles. The van der Waals surface area contributed by atoms with E-state index in [1.165, 1.54) is 12.5 Å². The number of carbonyl (C=O) groups excluding carboxylic acids is 2. The van der Waals surface area contributed by atoms with Crippen molar-refractivity contribution in [2.45, 2.75) is 58.0 Å². The molecule has 0 saturated heterocycles. The van der Waals surface area contributed by atoms with E-state index in [0.717, 1.165) is 31.2 Å². The second-order valence-corrected chi connectivity index (χ2v) is 8.03. The molecule has 1 N–H and O–H groups in total. The Hall–Kier alpha value is -2.43. The molecule has 1 aromatic rings. The van der Waals surface area contributed by atoms with Crippen LogP contribution in [0.2, 0.25) is 0 Å². The monoisotopic (exact) mass is 354 g/mol. The standard InChI is InChI=1S/C21H26N2O3/c1-21(2,3)16-10-8-14(9-11-16)20(25)23-22-12-15-13-26-18-7-5-4-6-17(18)19(15)24/h8-13,17-18H,4-7H2,1-3H3,(H,23,25)/b22-12+. The number of benzene rings is 1. The van der Waals surface area contributed by atoms with Crippen molar-refractivity contribution in [3.8, 4) is 0 Å². The molecular formula is C21H26N2O3. The molecule has 2 atom stereocenters. The molecule has 1 heterocycles. The Balaban J connectivity index is 1.60. The van der Waals surface area contributed by atoms with E-state index in [2.05, 4.69) is 31.3 Å². The summed E-state index contributed by atoms with van der Waals surface area (Å²) in [5, 5.41) is 3.94. The molecule has 0 radical (unpaired) electrons. The minimum absolute atomic E-state index is 0.00400. The van der Waals surface area contributed by atoms with E-state index in [-0.39, 0.29) is 29.1 Å². The summed E-state index contributed by atoms with van der Waals surface area (Å²) in [6.07, 6.45) is 6.82. The van der Waals surface area contributed by atoms with Gasteiger partial charge in [-0.3, -0.25) is 9.59 Å². The quantitative estimate of drug-likeness (QED) is 0.664. The number of ether oxygens (including phenoxy) is 1. The van der Waals surface area contributed by atoms with Crippen molar-refractivity contribution in [3.63, 3.8) is 0 Å². The van der Waals surface area contributed by atoms with Gasteiger partial charge in [-0.05, 0) is 42.4 Å². The van der Waals surface area contributed by atoms with Crippen LogP contribution in [-0.2, 0) is 14.9 Å². The van der Waals surface area contributed by atoms with Crippen LogP contribution in [0.3, 0.4) is 0 Å². The number of fused-ring (bicyclic) bond motifs is 1. The summed E-state index contributed by atoms with van der Waals surface area (Å²) in [6, 6.07) is 7.46. The van der Waals surface area contributed by atoms with Crippen molar-refractivity contribution >= 4 is 17.9 Å². The zero-order chi connectivity index (χ0) is 18.7. The second-order valence-electron chi connectivity index (χ2n) is 8.03. The van der Waals surface area contributed by atoms with Crippen LogP contribution in [0.25, 0.3) is 0 Å². The predicted octanol–water partition coefficient (Wildman–Crippen LogP) is 3.74. The summed E-state index contributed by atoms with van der Waals surface area (Å²) < 4.78 is 5.67. The van der Waals surface area contributed by atoms with E-state index in [4.69, 9.17) is 4.74 Å². The maximum Gasteiger partial charge on any atom is 0.271 e. The van der Waals surface area contributed by atoms with Crippen molar-refractivity contribution in [2.24, 2.45) is 11.0 Å². The molecular weight excluding hydrogens is 328 g/mol. The molecule has 0 aromatic heterocycles. The van der Waals surface area contributed by atoms with Crippen LogP contribution in [-0.4, -0.2) is 24.0 Å². The Morgan fingerprint density at radius 3 is 2.58 bits per heavy atom. The fourth-order valence-corrected chi connectivity index (χ4v) is 3.43. The smallest absolute Gasteiger partial charge is 0.271 e. The van der Waals surface area contributed by atoms with Crippen LogP contribution in [0.1, 0.15) is 62.4 Å². The molecule has 1 amide bonds. The normalized spacial score (nSPS) is 23.2. The van der Waals surface area contributed by atoms with Crippen molar-refractivity contribution in [3.05, 3.63) is 47.2 Å². The van der Waals surface area contributed by atoms with Crippen molar-refractivity contribution < 1.29 is 14.3 Å². The molecule has 1 aliphatic carbocycles. The van der Waals surface area contributed by atoms with Gasteiger partial charge in [0.1, 0.15) is 6.10 Å². The molecule has 2 aliphatic rings. The Morgan fingerprint density at radius 1 is 1.19 bits per heavy atom. The first-order valence-corrected chi connectivity index (χ1v) is 9.20. The zero-order valence-electron chi connectivity index (χ0n) is 15.6. The lowest BCUT2D eigenvalue weighted by Gasteiger charge is -2.33. The fraction of sp³-hybridized carbons (Fsp3) is 0.476. The van der Waals surface area contributed by atoms with Crippen LogP contribution in [0.5, 0.6) is 0 Å². The van der Waals surface area contributed by atoms with E-state index in [1.807, 2.05) is 12.1 Å². The van der Waals surface area contributed by atoms with Gasteiger partial charge in [-0.25, -0.2) is 5.43 Å². The van der Waals surface area contributed by atoms with E-state index < -0.39 is 0 Å². The van der Waals surface area contributed by atoms with Crippen LogP contribution in [0, 0.1) is 5.92 Å². The Kier molecular flexibility index (Phi) is 5.25. The number of ketones is 1. The molecule has 1 fully saturated rings. The molecule has 26 heavy (non-hydrogen) atoms. The van der Waals surface area contributed by atoms with Crippen LogP contribution in [0.4, 0.5) is 0 Å². The lowest BCUT2D eigenvalue weighted by atomic mass is 9.80. The molecule has 0 bridgehead atoms. The maximum atomic E-state index is 12.5. The van der Waals surface area contributed by atoms with Gasteiger partial charge in [-0.15, -0.1) is 0 Å². The average molecular weight is 354 g/mol. The fourth-order valence-electron chi connectivity index (χ4n) is 3.43. The highest BCUT2D eigenvalue weighted by Gasteiger charge is 2.36. The summed E-state index contributed by atoms with van der Waals surface area (Å²) in [7, 11) is 0. The molecule has 0 spiro atoms. The minimum atomic E-state index is -0.304. The van der Waals surface area contributed by atoms with Gasteiger partial charge in [-0.1, -0.05) is 39.3 Å². The first-order valence-electron chi connectivity index (χ1n) is 9.20. The number of rotatable bonds is 3. The van der Waals surface area contributed by atoms with E-state index >= 15 is 0 Å². The molecule has 5 nitrogen and oxygen atoms in total. The number of amides is 1. The highest BCUT2D eigenvalue weighted by Crippen LogP contribution is 2.32. The van der Waals surface area contributed by atoms with Crippen LogP contribution >= 0.6 is 0 Å². The Labute approximate surface area is 154 Å². The van der Waals surface area contributed by atoms with Gasteiger partial charge in [0.25, 0.3) is 5.91 Å². The number of hydrazone groups is 1. The second kappa shape index (κ2) is 7.44. The molecule has 2 unspecified atom stereocenters. The molecule has 138 valence electrons. The molecule has 3 rings (SSSR count).